The summed E-state index contributed by atoms with van der Waals surface area (Å²) in [5.74, 6) is -0.322. The highest BCUT2D eigenvalue weighted by Gasteiger charge is 2.23. The van der Waals surface area contributed by atoms with E-state index in [2.05, 4.69) is 25.8 Å². The van der Waals surface area contributed by atoms with Crippen molar-refractivity contribution in [2.24, 2.45) is 0 Å². The van der Waals surface area contributed by atoms with Gasteiger partial charge in [-0.3, -0.25) is 14.9 Å². The monoisotopic (exact) mass is 371 g/mol. The summed E-state index contributed by atoms with van der Waals surface area (Å²) in [5, 5.41) is 15.9. The number of aromatic amines is 1. The van der Waals surface area contributed by atoms with Gasteiger partial charge in [-0.25, -0.2) is 0 Å². The van der Waals surface area contributed by atoms with Crippen molar-refractivity contribution in [3.05, 3.63) is 41.0 Å². The second-order valence-corrected chi connectivity index (χ2v) is 7.42. The molecule has 3 rings (SSSR count). The van der Waals surface area contributed by atoms with Crippen LogP contribution < -0.4 is 10.6 Å². The quantitative estimate of drug-likeness (QED) is 0.620. The first-order chi connectivity index (χ1) is 12.4. The zero-order valence-corrected chi connectivity index (χ0v) is 15.7. The van der Waals surface area contributed by atoms with Gasteiger partial charge in [0.15, 0.2) is 0 Å². The molecule has 26 heavy (non-hydrogen) atoms. The number of para-hydroxylation sites is 1. The Labute approximate surface area is 155 Å². The molecule has 1 aromatic carbocycles. The molecule has 1 unspecified atom stereocenters. The van der Waals surface area contributed by atoms with Crippen molar-refractivity contribution >= 4 is 39.2 Å². The van der Waals surface area contributed by atoms with Crippen LogP contribution in [0.3, 0.4) is 0 Å². The molecule has 0 saturated heterocycles. The van der Waals surface area contributed by atoms with E-state index in [1.807, 2.05) is 44.3 Å². The van der Waals surface area contributed by atoms with Crippen LogP contribution in [0.15, 0.2) is 30.5 Å². The van der Waals surface area contributed by atoms with Crippen molar-refractivity contribution in [2.45, 2.75) is 39.2 Å². The minimum absolute atomic E-state index is 0.246. The highest BCUT2D eigenvalue weighted by Crippen LogP contribution is 2.23. The van der Waals surface area contributed by atoms with Crippen molar-refractivity contribution in [3.63, 3.8) is 0 Å². The van der Waals surface area contributed by atoms with E-state index in [1.165, 1.54) is 18.3 Å². The highest BCUT2D eigenvalue weighted by molar-refractivity contribution is 7.15. The molecular formula is C18H21N5O2S. The lowest BCUT2D eigenvalue weighted by atomic mass is 10.0. The van der Waals surface area contributed by atoms with Gasteiger partial charge in [0.2, 0.25) is 16.9 Å². The third kappa shape index (κ3) is 4.08. The SMILES string of the molecule is CC(=O)NC(Cc1c[nH]c2ccccc12)C(=O)Nc1nnc(C(C)C)s1. The Hall–Kier alpha value is -2.74. The Morgan fingerprint density at radius 2 is 2.00 bits per heavy atom. The van der Waals surface area contributed by atoms with E-state index in [0.717, 1.165) is 21.5 Å². The van der Waals surface area contributed by atoms with E-state index in [0.29, 0.717) is 11.6 Å². The third-order valence-corrected chi connectivity index (χ3v) is 5.10. The Morgan fingerprint density at radius 1 is 1.23 bits per heavy atom. The number of nitrogens with zero attached hydrogens (tertiary/aromatic N) is 2. The van der Waals surface area contributed by atoms with Crippen LogP contribution in [-0.4, -0.2) is 33.0 Å². The van der Waals surface area contributed by atoms with Gasteiger partial charge in [0.25, 0.3) is 0 Å². The van der Waals surface area contributed by atoms with Gasteiger partial charge < -0.3 is 10.3 Å². The maximum absolute atomic E-state index is 12.7. The molecule has 8 heteroatoms. The zero-order chi connectivity index (χ0) is 18.7. The number of hydrogen-bond acceptors (Lipinski definition) is 5. The lowest BCUT2D eigenvalue weighted by Gasteiger charge is -2.16. The second-order valence-electron chi connectivity index (χ2n) is 6.41. The van der Waals surface area contributed by atoms with Crippen LogP contribution in [0.1, 0.15) is 37.3 Å². The predicted molar refractivity (Wildman–Crippen MR) is 102 cm³/mol. The number of hydrogen-bond donors (Lipinski definition) is 3. The Balaban J connectivity index is 1.78. The summed E-state index contributed by atoms with van der Waals surface area (Å²) in [7, 11) is 0. The summed E-state index contributed by atoms with van der Waals surface area (Å²) in [6, 6.07) is 7.16. The number of rotatable bonds is 6. The van der Waals surface area contributed by atoms with Gasteiger partial charge in [0, 0.05) is 36.4 Å². The molecule has 2 amide bonds. The minimum atomic E-state index is -0.696. The van der Waals surface area contributed by atoms with Crippen LogP contribution in [-0.2, 0) is 16.0 Å². The van der Waals surface area contributed by atoms with Gasteiger partial charge >= 0.3 is 0 Å². The van der Waals surface area contributed by atoms with Gasteiger partial charge in [-0.05, 0) is 11.6 Å². The van der Waals surface area contributed by atoms with Gasteiger partial charge in [-0.2, -0.15) is 0 Å². The molecule has 0 fully saturated rings. The largest absolute Gasteiger partial charge is 0.361 e. The van der Waals surface area contributed by atoms with E-state index in [1.54, 1.807) is 0 Å². The van der Waals surface area contributed by atoms with E-state index in [-0.39, 0.29) is 17.7 Å². The number of nitrogens with one attached hydrogen (secondary N) is 3. The minimum Gasteiger partial charge on any atom is -0.361 e. The van der Waals surface area contributed by atoms with Crippen LogP contribution in [0.4, 0.5) is 5.13 Å². The van der Waals surface area contributed by atoms with E-state index < -0.39 is 6.04 Å². The lowest BCUT2D eigenvalue weighted by molar-refractivity contribution is -0.125. The number of amides is 2. The molecule has 2 aromatic heterocycles. The van der Waals surface area contributed by atoms with Gasteiger partial charge in [-0.15, -0.1) is 10.2 Å². The molecule has 0 aliphatic rings. The first-order valence-electron chi connectivity index (χ1n) is 8.40. The number of fused-ring (bicyclic) bond motifs is 1. The average Bonchev–Trinajstić information content (AvgIpc) is 3.21. The Morgan fingerprint density at radius 3 is 2.69 bits per heavy atom. The zero-order valence-electron chi connectivity index (χ0n) is 14.9. The van der Waals surface area contributed by atoms with Crippen LogP contribution >= 0.6 is 11.3 Å². The lowest BCUT2D eigenvalue weighted by Crippen LogP contribution is -2.44. The fraction of sp³-hybridized carbons (Fsp3) is 0.333. The summed E-state index contributed by atoms with van der Waals surface area (Å²) < 4.78 is 0. The highest BCUT2D eigenvalue weighted by atomic mass is 32.1. The molecule has 0 aliphatic heterocycles. The Bertz CT molecular complexity index is 930. The molecule has 0 aliphatic carbocycles. The summed E-state index contributed by atoms with van der Waals surface area (Å²) in [6.45, 7) is 5.43. The molecule has 2 heterocycles. The first-order valence-corrected chi connectivity index (χ1v) is 9.22. The summed E-state index contributed by atoms with van der Waals surface area (Å²) in [4.78, 5) is 27.5. The number of aromatic nitrogens is 3. The summed E-state index contributed by atoms with van der Waals surface area (Å²) in [6.07, 6.45) is 2.25. The second kappa shape index (κ2) is 7.65. The molecule has 136 valence electrons. The first kappa shape index (κ1) is 18.1. The summed E-state index contributed by atoms with van der Waals surface area (Å²) in [5.41, 5.74) is 1.96. The van der Waals surface area contributed by atoms with Crippen LogP contribution in [0.5, 0.6) is 0 Å². The fourth-order valence-corrected chi connectivity index (χ4v) is 3.43. The topological polar surface area (TPSA) is 99.8 Å². The van der Waals surface area contributed by atoms with Gasteiger partial charge in [0.05, 0.1) is 0 Å². The van der Waals surface area contributed by atoms with Crippen molar-refractivity contribution in [1.29, 1.82) is 0 Å². The van der Waals surface area contributed by atoms with Crippen LogP contribution in [0, 0.1) is 0 Å². The van der Waals surface area contributed by atoms with Crippen molar-refractivity contribution in [2.75, 3.05) is 5.32 Å². The molecule has 1 atom stereocenters. The Kier molecular flexibility index (Phi) is 5.32. The van der Waals surface area contributed by atoms with Crippen molar-refractivity contribution in [1.82, 2.24) is 20.5 Å². The smallest absolute Gasteiger partial charge is 0.249 e. The standard InChI is InChI=1S/C18H21N5O2S/c1-10(2)17-22-23-18(26-17)21-16(25)15(20-11(3)24)8-12-9-19-14-7-5-4-6-13(12)14/h4-7,9-10,15,19H,8H2,1-3H3,(H,20,24)(H,21,23,25). The molecule has 3 N–H and O–H groups in total. The number of H-pyrrole nitrogens is 1. The van der Waals surface area contributed by atoms with E-state index in [4.69, 9.17) is 0 Å². The molecule has 0 radical (unpaired) electrons. The molecule has 3 aromatic rings. The third-order valence-electron chi connectivity index (χ3n) is 3.96. The maximum Gasteiger partial charge on any atom is 0.249 e. The van der Waals surface area contributed by atoms with E-state index >= 15 is 0 Å². The number of benzene rings is 1. The normalized spacial score (nSPS) is 12.3. The predicted octanol–water partition coefficient (Wildman–Crippen LogP) is 2.83. The molecular weight excluding hydrogens is 350 g/mol. The average molecular weight is 371 g/mol. The van der Waals surface area contributed by atoms with Gasteiger partial charge in [-0.1, -0.05) is 43.4 Å². The summed E-state index contributed by atoms with van der Waals surface area (Å²) >= 11 is 1.34. The van der Waals surface area contributed by atoms with E-state index in [9.17, 15) is 9.59 Å². The van der Waals surface area contributed by atoms with Crippen LogP contribution in [0.2, 0.25) is 0 Å². The van der Waals surface area contributed by atoms with Crippen LogP contribution in [0.25, 0.3) is 10.9 Å². The number of carbonyl (C=O) groups is 2. The fourth-order valence-electron chi connectivity index (χ4n) is 2.69. The molecule has 0 bridgehead atoms. The number of anilines is 1. The molecule has 0 saturated carbocycles. The molecule has 0 spiro atoms. The van der Waals surface area contributed by atoms with Gasteiger partial charge in [0.1, 0.15) is 11.0 Å². The number of carbonyl (C=O) groups excluding carboxylic acids is 2. The maximum atomic E-state index is 12.7. The molecule has 7 nitrogen and oxygen atoms in total. The van der Waals surface area contributed by atoms with Crippen molar-refractivity contribution < 1.29 is 9.59 Å². The van der Waals surface area contributed by atoms with Crippen molar-refractivity contribution in [3.8, 4) is 0 Å².